The zero-order valence-electron chi connectivity index (χ0n) is 9.53. The van der Waals surface area contributed by atoms with Crippen LogP contribution in [0.15, 0.2) is 24.3 Å². The lowest BCUT2D eigenvalue weighted by Gasteiger charge is -2.26. The van der Waals surface area contributed by atoms with Crippen LogP contribution in [-0.4, -0.2) is 17.0 Å². The normalized spacial score (nSPS) is 19.2. The van der Waals surface area contributed by atoms with Gasteiger partial charge in [0.1, 0.15) is 5.69 Å². The van der Waals surface area contributed by atoms with Crippen LogP contribution in [-0.2, 0) is 0 Å². The van der Waals surface area contributed by atoms with Gasteiger partial charge in [-0.25, -0.2) is 0 Å². The predicted molar refractivity (Wildman–Crippen MR) is 68.6 cm³/mol. The van der Waals surface area contributed by atoms with Crippen molar-refractivity contribution in [1.82, 2.24) is 9.88 Å². The number of hydrogen-bond donors (Lipinski definition) is 1. The molecule has 0 spiro atoms. The van der Waals surface area contributed by atoms with Crippen molar-refractivity contribution in [2.75, 3.05) is 6.54 Å². The summed E-state index contributed by atoms with van der Waals surface area (Å²) in [5, 5.41) is 4.70. The number of fused-ring (bicyclic) bond motifs is 3. The zero-order valence-corrected chi connectivity index (χ0v) is 10.3. The summed E-state index contributed by atoms with van der Waals surface area (Å²) in [6.45, 7) is 2.82. The Bertz CT molecular complexity index is 603. The van der Waals surface area contributed by atoms with E-state index in [1.54, 1.807) is 0 Å². The fraction of sp³-hybridized carbons (Fsp3) is 0.308. The highest BCUT2D eigenvalue weighted by Crippen LogP contribution is 2.29. The van der Waals surface area contributed by atoms with Gasteiger partial charge in [-0.05, 0) is 24.6 Å². The molecule has 1 amide bonds. The molecule has 1 N–H and O–H groups in total. The summed E-state index contributed by atoms with van der Waals surface area (Å²) in [5.74, 6) is 0.00187. The lowest BCUT2D eigenvalue weighted by Crippen LogP contribution is -2.38. The molecule has 2 heterocycles. The molecule has 0 fully saturated rings. The molecular weight excluding hydrogens is 236 g/mol. The molecule has 3 nitrogen and oxygen atoms in total. The molecule has 3 rings (SSSR count). The molecule has 0 bridgehead atoms. The van der Waals surface area contributed by atoms with Crippen LogP contribution in [0.5, 0.6) is 0 Å². The van der Waals surface area contributed by atoms with Crippen molar-refractivity contribution in [3.63, 3.8) is 0 Å². The fourth-order valence-electron chi connectivity index (χ4n) is 2.48. The Labute approximate surface area is 104 Å². The maximum atomic E-state index is 11.8. The average molecular weight is 249 g/mol. The van der Waals surface area contributed by atoms with Crippen molar-refractivity contribution in [1.29, 1.82) is 0 Å². The smallest absolute Gasteiger partial charge is 0.268 e. The maximum absolute atomic E-state index is 11.8. The van der Waals surface area contributed by atoms with Crippen LogP contribution >= 0.6 is 11.6 Å². The van der Waals surface area contributed by atoms with Gasteiger partial charge >= 0.3 is 0 Å². The van der Waals surface area contributed by atoms with Crippen LogP contribution in [0.2, 0.25) is 5.02 Å². The van der Waals surface area contributed by atoms with E-state index in [0.717, 1.165) is 23.0 Å². The van der Waals surface area contributed by atoms with E-state index in [0.29, 0.717) is 17.6 Å². The number of nitrogens with zero attached hydrogens (tertiary/aromatic N) is 1. The Kier molecular flexibility index (Phi) is 2.37. The molecule has 0 unspecified atom stereocenters. The molecule has 1 atom stereocenters. The van der Waals surface area contributed by atoms with Crippen LogP contribution in [0.25, 0.3) is 10.9 Å². The number of nitrogens with one attached hydrogen (secondary N) is 1. The van der Waals surface area contributed by atoms with Gasteiger partial charge in [-0.15, -0.1) is 0 Å². The van der Waals surface area contributed by atoms with Gasteiger partial charge in [0.05, 0.1) is 11.6 Å². The molecule has 1 aromatic carbocycles. The minimum absolute atomic E-state index is 0.00187. The minimum Gasteiger partial charge on any atom is -0.349 e. The highest BCUT2D eigenvalue weighted by atomic mass is 35.5. The largest absolute Gasteiger partial charge is 0.349 e. The number of halogens is 1. The Morgan fingerprint density at radius 2 is 2.29 bits per heavy atom. The molecule has 4 heteroatoms. The first kappa shape index (κ1) is 10.7. The summed E-state index contributed by atoms with van der Waals surface area (Å²) in [4.78, 5) is 11.8. The molecule has 88 valence electrons. The van der Waals surface area contributed by atoms with Gasteiger partial charge in [-0.1, -0.05) is 24.6 Å². The molecule has 1 aliphatic heterocycles. The summed E-state index contributed by atoms with van der Waals surface area (Å²) in [6.07, 6.45) is 0.990. The number of rotatable bonds is 1. The molecule has 17 heavy (non-hydrogen) atoms. The van der Waals surface area contributed by atoms with Gasteiger partial charge in [0.2, 0.25) is 0 Å². The first-order chi connectivity index (χ1) is 8.20. The standard InChI is InChI=1S/C13H13ClN2O/c1-2-10-7-15-13(17)12-5-8-3-4-9(14)6-11(8)16(10)12/h3-6,10H,2,7H2,1H3,(H,15,17)/t10-/m0/s1. The Balaban J connectivity index is 2.33. The molecule has 1 aromatic heterocycles. The number of benzene rings is 1. The molecule has 0 saturated heterocycles. The van der Waals surface area contributed by atoms with Gasteiger partial charge < -0.3 is 9.88 Å². The highest BCUT2D eigenvalue weighted by Gasteiger charge is 2.25. The second kappa shape index (κ2) is 3.77. The van der Waals surface area contributed by atoms with Gasteiger partial charge in [-0.2, -0.15) is 0 Å². The first-order valence-corrected chi connectivity index (χ1v) is 6.17. The predicted octanol–water partition coefficient (Wildman–Crippen LogP) is 2.99. The van der Waals surface area contributed by atoms with Crippen LogP contribution in [0, 0.1) is 0 Å². The highest BCUT2D eigenvalue weighted by molar-refractivity contribution is 6.31. The zero-order chi connectivity index (χ0) is 12.0. The van der Waals surface area contributed by atoms with Crippen molar-refractivity contribution >= 4 is 28.4 Å². The lowest BCUT2D eigenvalue weighted by atomic mass is 10.1. The Morgan fingerprint density at radius 1 is 1.47 bits per heavy atom. The average Bonchev–Trinajstić information content (AvgIpc) is 2.70. The van der Waals surface area contributed by atoms with Gasteiger partial charge in [-0.3, -0.25) is 4.79 Å². The molecular formula is C13H13ClN2O. The van der Waals surface area contributed by atoms with Crippen LogP contribution < -0.4 is 5.32 Å². The van der Waals surface area contributed by atoms with E-state index in [4.69, 9.17) is 11.6 Å². The lowest BCUT2D eigenvalue weighted by molar-refractivity contribution is 0.0916. The Hall–Kier alpha value is -1.48. The summed E-state index contributed by atoms with van der Waals surface area (Å²) in [6, 6.07) is 8.00. The van der Waals surface area contributed by atoms with E-state index in [2.05, 4.69) is 16.8 Å². The van der Waals surface area contributed by atoms with Crippen LogP contribution in [0.4, 0.5) is 0 Å². The van der Waals surface area contributed by atoms with Crippen molar-refractivity contribution < 1.29 is 4.79 Å². The van der Waals surface area contributed by atoms with Crippen LogP contribution in [0.3, 0.4) is 0 Å². The third-order valence-electron chi connectivity index (χ3n) is 3.37. The quantitative estimate of drug-likeness (QED) is 0.827. The minimum atomic E-state index is 0.00187. The number of carbonyl (C=O) groups is 1. The van der Waals surface area contributed by atoms with Gasteiger partial charge in [0.25, 0.3) is 5.91 Å². The van der Waals surface area contributed by atoms with E-state index >= 15 is 0 Å². The number of amides is 1. The van der Waals surface area contributed by atoms with E-state index < -0.39 is 0 Å². The molecule has 0 radical (unpaired) electrons. The number of aromatic nitrogens is 1. The van der Waals surface area contributed by atoms with Gasteiger partial charge in [0, 0.05) is 17.0 Å². The monoisotopic (exact) mass is 248 g/mol. The summed E-state index contributed by atoms with van der Waals surface area (Å²) >= 11 is 6.03. The third-order valence-corrected chi connectivity index (χ3v) is 3.61. The summed E-state index contributed by atoms with van der Waals surface area (Å²) < 4.78 is 2.11. The summed E-state index contributed by atoms with van der Waals surface area (Å²) in [5.41, 5.74) is 1.79. The van der Waals surface area contributed by atoms with Gasteiger partial charge in [0.15, 0.2) is 0 Å². The molecule has 1 aliphatic rings. The van der Waals surface area contributed by atoms with Crippen LogP contribution in [0.1, 0.15) is 29.9 Å². The second-order valence-electron chi connectivity index (χ2n) is 4.37. The van der Waals surface area contributed by atoms with E-state index in [1.165, 1.54) is 0 Å². The number of carbonyl (C=O) groups excluding carboxylic acids is 1. The van der Waals surface area contributed by atoms with E-state index in [-0.39, 0.29) is 5.91 Å². The van der Waals surface area contributed by atoms with Crippen molar-refractivity contribution in [2.45, 2.75) is 19.4 Å². The molecule has 0 saturated carbocycles. The summed E-state index contributed by atoms with van der Waals surface area (Å²) in [7, 11) is 0. The third kappa shape index (κ3) is 1.53. The topological polar surface area (TPSA) is 34.0 Å². The first-order valence-electron chi connectivity index (χ1n) is 5.79. The SMILES string of the molecule is CC[C@H]1CNC(=O)c2cc3ccc(Cl)cc3n21. The molecule has 2 aromatic rings. The van der Waals surface area contributed by atoms with E-state index in [1.807, 2.05) is 24.3 Å². The fourth-order valence-corrected chi connectivity index (χ4v) is 2.65. The van der Waals surface area contributed by atoms with Crippen molar-refractivity contribution in [3.05, 3.63) is 35.0 Å². The van der Waals surface area contributed by atoms with Crippen molar-refractivity contribution in [2.24, 2.45) is 0 Å². The van der Waals surface area contributed by atoms with E-state index in [9.17, 15) is 4.79 Å². The number of hydrogen-bond acceptors (Lipinski definition) is 1. The second-order valence-corrected chi connectivity index (χ2v) is 4.81. The maximum Gasteiger partial charge on any atom is 0.268 e. The van der Waals surface area contributed by atoms with Crippen molar-refractivity contribution in [3.8, 4) is 0 Å². The Morgan fingerprint density at radius 3 is 3.06 bits per heavy atom. The molecule has 0 aliphatic carbocycles.